The highest BCUT2D eigenvalue weighted by atomic mass is 32.2. The second-order valence-electron chi connectivity index (χ2n) is 4.33. The lowest BCUT2D eigenvalue weighted by Gasteiger charge is -2.01. The third-order valence-corrected chi connectivity index (χ3v) is 6.65. The van der Waals surface area contributed by atoms with E-state index in [4.69, 9.17) is 0 Å². The van der Waals surface area contributed by atoms with Gasteiger partial charge in [0.05, 0.1) is 0 Å². The van der Waals surface area contributed by atoms with Crippen LogP contribution in [-0.2, 0) is 16.6 Å². The molecule has 0 aliphatic carbocycles. The van der Waals surface area contributed by atoms with Crippen LogP contribution < -0.4 is 10.0 Å². The lowest BCUT2D eigenvalue weighted by Crippen LogP contribution is -2.11. The molecular weight excluding hydrogens is 314 g/mol. The molecule has 8 heteroatoms. The maximum Gasteiger partial charge on any atom is 0.273 e. The fraction of sp³-hybridized carbons (Fsp3) is 0.417. The molecule has 0 atom stereocenters. The molecule has 0 saturated carbocycles. The highest BCUT2D eigenvalue weighted by Crippen LogP contribution is 2.28. The molecule has 110 valence electrons. The smallest absolute Gasteiger partial charge is 0.273 e. The summed E-state index contributed by atoms with van der Waals surface area (Å²) < 4.78 is 27.4. The van der Waals surface area contributed by atoms with E-state index in [-0.39, 0.29) is 0 Å². The van der Waals surface area contributed by atoms with Crippen molar-refractivity contribution >= 4 is 37.8 Å². The summed E-state index contributed by atoms with van der Waals surface area (Å²) in [4.78, 5) is 6.04. The first kappa shape index (κ1) is 15.4. The van der Waals surface area contributed by atoms with Crippen LogP contribution in [0.1, 0.15) is 22.2 Å². The molecule has 0 bridgehead atoms. The van der Waals surface area contributed by atoms with Crippen molar-refractivity contribution in [2.75, 3.05) is 11.3 Å². The zero-order chi connectivity index (χ0) is 14.8. The van der Waals surface area contributed by atoms with E-state index < -0.39 is 10.0 Å². The highest BCUT2D eigenvalue weighted by Gasteiger charge is 2.20. The van der Waals surface area contributed by atoms with Gasteiger partial charge < -0.3 is 5.32 Å². The number of rotatable bonds is 6. The molecule has 0 aliphatic rings. The molecule has 0 unspecified atom stereocenters. The van der Waals surface area contributed by atoms with Crippen molar-refractivity contribution in [2.24, 2.45) is 0 Å². The molecule has 0 spiro atoms. The predicted octanol–water partition coefficient (Wildman–Crippen LogP) is 2.73. The number of aryl methyl sites for hydroxylation is 2. The summed E-state index contributed by atoms with van der Waals surface area (Å²) in [6, 6.07) is 1.71. The average Bonchev–Trinajstić information content (AvgIpc) is 2.93. The second-order valence-corrected chi connectivity index (χ2v) is 8.61. The minimum atomic E-state index is -3.54. The molecule has 2 aromatic heterocycles. The van der Waals surface area contributed by atoms with Crippen molar-refractivity contribution in [1.29, 1.82) is 0 Å². The van der Waals surface area contributed by atoms with E-state index in [0.29, 0.717) is 15.9 Å². The van der Waals surface area contributed by atoms with Gasteiger partial charge >= 0.3 is 0 Å². The number of hydrogen-bond acceptors (Lipinski definition) is 6. The van der Waals surface area contributed by atoms with E-state index in [1.165, 1.54) is 22.7 Å². The first-order valence-corrected chi connectivity index (χ1v) is 9.29. The molecule has 0 aromatic carbocycles. The highest BCUT2D eigenvalue weighted by molar-refractivity contribution is 7.94. The molecule has 0 radical (unpaired) electrons. The third-order valence-electron chi connectivity index (χ3n) is 2.64. The van der Waals surface area contributed by atoms with Crippen LogP contribution in [0.5, 0.6) is 0 Å². The first-order valence-electron chi connectivity index (χ1n) is 6.17. The van der Waals surface area contributed by atoms with Crippen LogP contribution in [0.3, 0.4) is 0 Å². The molecule has 0 saturated heterocycles. The normalized spacial score (nSPS) is 11.8. The Labute approximate surface area is 127 Å². The zero-order valence-corrected chi connectivity index (χ0v) is 14.0. The van der Waals surface area contributed by atoms with Crippen LogP contribution >= 0.6 is 22.7 Å². The van der Waals surface area contributed by atoms with Gasteiger partial charge in [0.1, 0.15) is 4.21 Å². The molecule has 2 N–H and O–H groups in total. The van der Waals surface area contributed by atoms with Crippen molar-refractivity contribution in [3.8, 4) is 0 Å². The van der Waals surface area contributed by atoms with Crippen LogP contribution in [-0.4, -0.2) is 19.9 Å². The fourth-order valence-electron chi connectivity index (χ4n) is 1.60. The second kappa shape index (κ2) is 6.21. The van der Waals surface area contributed by atoms with Gasteiger partial charge in [0.15, 0.2) is 5.13 Å². The van der Waals surface area contributed by atoms with Crippen molar-refractivity contribution in [3.63, 3.8) is 0 Å². The lowest BCUT2D eigenvalue weighted by molar-refractivity contribution is 0.603. The van der Waals surface area contributed by atoms with Gasteiger partial charge in [0.2, 0.25) is 0 Å². The summed E-state index contributed by atoms with van der Waals surface area (Å²) in [6.07, 6.45) is 1.65. The van der Waals surface area contributed by atoms with E-state index in [0.717, 1.165) is 21.9 Å². The molecule has 2 aromatic rings. The molecule has 0 amide bonds. The minimum Gasteiger partial charge on any atom is -0.312 e. The monoisotopic (exact) mass is 331 g/mol. The molecule has 0 aliphatic heterocycles. The van der Waals surface area contributed by atoms with Crippen LogP contribution in [0.25, 0.3) is 0 Å². The summed E-state index contributed by atoms with van der Waals surface area (Å²) in [5.74, 6) is 0. The summed E-state index contributed by atoms with van der Waals surface area (Å²) in [5, 5.41) is 3.61. The molecule has 2 heterocycles. The topological polar surface area (TPSA) is 71.1 Å². The standard InChI is InChI=1S/C12H17N3O2S3/c1-4-13-7-10-8(2)5-11(19-10)20(16,17)15-12-14-6-9(3)18-12/h5-6,13H,4,7H2,1-3H3,(H,14,15). The zero-order valence-electron chi connectivity index (χ0n) is 11.6. The Bertz CT molecular complexity index is 689. The van der Waals surface area contributed by atoms with Crippen molar-refractivity contribution < 1.29 is 8.42 Å². The number of thiazole rings is 1. The van der Waals surface area contributed by atoms with Gasteiger partial charge in [-0.2, -0.15) is 0 Å². The summed E-state index contributed by atoms with van der Waals surface area (Å²) >= 11 is 2.62. The van der Waals surface area contributed by atoms with Crippen molar-refractivity contribution in [1.82, 2.24) is 10.3 Å². The Morgan fingerprint density at radius 3 is 2.65 bits per heavy atom. The van der Waals surface area contributed by atoms with Crippen molar-refractivity contribution in [2.45, 2.75) is 31.5 Å². The lowest BCUT2D eigenvalue weighted by atomic mass is 10.3. The van der Waals surface area contributed by atoms with Crippen LogP contribution in [0, 0.1) is 13.8 Å². The Morgan fingerprint density at radius 1 is 1.30 bits per heavy atom. The quantitative estimate of drug-likeness (QED) is 0.854. The number of anilines is 1. The molecule has 0 fully saturated rings. The van der Waals surface area contributed by atoms with Gasteiger partial charge in [-0.25, -0.2) is 13.4 Å². The number of aromatic nitrogens is 1. The van der Waals surface area contributed by atoms with E-state index in [1.54, 1.807) is 12.3 Å². The molecule has 2 rings (SSSR count). The number of thiophene rings is 1. The van der Waals surface area contributed by atoms with Gasteiger partial charge in [-0.3, -0.25) is 4.72 Å². The van der Waals surface area contributed by atoms with Gasteiger partial charge in [0, 0.05) is 22.5 Å². The van der Waals surface area contributed by atoms with Crippen molar-refractivity contribution in [3.05, 3.63) is 27.6 Å². The van der Waals surface area contributed by atoms with E-state index in [9.17, 15) is 8.42 Å². The Morgan fingerprint density at radius 2 is 2.05 bits per heavy atom. The minimum absolute atomic E-state index is 0.329. The molecule has 20 heavy (non-hydrogen) atoms. The Balaban J connectivity index is 2.21. The van der Waals surface area contributed by atoms with Crippen LogP contribution in [0.15, 0.2) is 16.5 Å². The summed E-state index contributed by atoms with van der Waals surface area (Å²) in [7, 11) is -3.54. The van der Waals surface area contributed by atoms with Crippen LogP contribution in [0.4, 0.5) is 5.13 Å². The van der Waals surface area contributed by atoms with Gasteiger partial charge in [-0.05, 0) is 32.0 Å². The molecule has 5 nitrogen and oxygen atoms in total. The van der Waals surface area contributed by atoms with Crippen LogP contribution in [0.2, 0.25) is 0 Å². The summed E-state index contributed by atoms with van der Waals surface area (Å²) in [6.45, 7) is 7.39. The number of nitrogens with one attached hydrogen (secondary N) is 2. The van der Waals surface area contributed by atoms with Gasteiger partial charge in [-0.15, -0.1) is 22.7 Å². The van der Waals surface area contributed by atoms with Gasteiger partial charge in [0.25, 0.3) is 10.0 Å². The average molecular weight is 331 g/mol. The van der Waals surface area contributed by atoms with E-state index in [2.05, 4.69) is 15.0 Å². The maximum absolute atomic E-state index is 12.3. The molecular formula is C12H17N3O2S3. The maximum atomic E-state index is 12.3. The number of sulfonamides is 1. The Hall–Kier alpha value is -0.960. The largest absolute Gasteiger partial charge is 0.312 e. The predicted molar refractivity (Wildman–Crippen MR) is 84.1 cm³/mol. The third kappa shape index (κ3) is 3.57. The Kier molecular flexibility index (Phi) is 4.79. The number of nitrogens with zero attached hydrogens (tertiary/aromatic N) is 1. The fourth-order valence-corrected chi connectivity index (χ4v) is 5.07. The van der Waals surface area contributed by atoms with E-state index in [1.807, 2.05) is 20.8 Å². The van der Waals surface area contributed by atoms with E-state index >= 15 is 0 Å². The summed E-state index contributed by atoms with van der Waals surface area (Å²) in [5.41, 5.74) is 0.992. The first-order chi connectivity index (χ1) is 9.42. The number of hydrogen-bond donors (Lipinski definition) is 2. The van der Waals surface area contributed by atoms with Gasteiger partial charge in [-0.1, -0.05) is 6.92 Å². The SMILES string of the molecule is CCNCc1sc(S(=O)(=O)Nc2ncc(C)s2)cc1C.